The molecule has 0 aliphatic heterocycles. The molecule has 0 amide bonds. The Morgan fingerprint density at radius 1 is 0.389 bits per heavy atom. The minimum absolute atomic E-state index is 1.16. The highest BCUT2D eigenvalue weighted by Crippen LogP contribution is 2.40. The SMILES string of the molecule is Cc1ccccc1N(c1ccc2c(ccc3ccccc32)c1)c1ccc2c(ccc3ccccc32)c1. The second-order valence-electron chi connectivity index (χ2n) is 9.51. The Labute approximate surface area is 210 Å². The molecule has 7 aromatic carbocycles. The van der Waals surface area contributed by atoms with E-state index in [0.717, 1.165) is 11.4 Å². The summed E-state index contributed by atoms with van der Waals surface area (Å²) in [6.45, 7) is 2.19. The van der Waals surface area contributed by atoms with Gasteiger partial charge in [-0.25, -0.2) is 0 Å². The molecule has 1 nitrogen and oxygen atoms in total. The molecule has 0 aliphatic rings. The van der Waals surface area contributed by atoms with E-state index in [9.17, 15) is 0 Å². The predicted molar refractivity (Wildman–Crippen MR) is 156 cm³/mol. The molecule has 1 heteroatoms. The smallest absolute Gasteiger partial charge is 0.0490 e. The number of aryl methyl sites for hydroxylation is 1. The number of fused-ring (bicyclic) bond motifs is 6. The van der Waals surface area contributed by atoms with Crippen molar-refractivity contribution < 1.29 is 0 Å². The van der Waals surface area contributed by atoms with Crippen molar-refractivity contribution in [1.82, 2.24) is 0 Å². The number of hydrogen-bond donors (Lipinski definition) is 0. The third-order valence-corrected chi connectivity index (χ3v) is 7.33. The summed E-state index contributed by atoms with van der Waals surface area (Å²) in [4.78, 5) is 2.39. The number of benzene rings is 7. The van der Waals surface area contributed by atoms with Gasteiger partial charge in [0.25, 0.3) is 0 Å². The minimum atomic E-state index is 1.16. The third kappa shape index (κ3) is 3.32. The Morgan fingerprint density at radius 2 is 0.833 bits per heavy atom. The normalized spacial score (nSPS) is 11.5. The van der Waals surface area contributed by atoms with Crippen molar-refractivity contribution in [1.29, 1.82) is 0 Å². The highest BCUT2D eigenvalue weighted by Gasteiger charge is 2.16. The van der Waals surface area contributed by atoms with Gasteiger partial charge in [0.05, 0.1) is 0 Å². The molecule has 0 aromatic heterocycles. The standard InChI is InChI=1S/C35H25N/c1-24-8-2-7-13-35(24)36(29-18-20-33-27(22-29)16-14-25-9-3-5-11-31(25)33)30-19-21-34-28(23-30)17-15-26-10-4-6-12-32(26)34/h2-23H,1H3. The van der Waals surface area contributed by atoms with Crippen molar-refractivity contribution in [3.05, 3.63) is 139 Å². The number of hydrogen-bond acceptors (Lipinski definition) is 1. The molecule has 0 N–H and O–H groups in total. The van der Waals surface area contributed by atoms with Crippen LogP contribution in [0.2, 0.25) is 0 Å². The summed E-state index contributed by atoms with van der Waals surface area (Å²) >= 11 is 0. The third-order valence-electron chi connectivity index (χ3n) is 7.33. The van der Waals surface area contributed by atoms with E-state index in [4.69, 9.17) is 0 Å². The van der Waals surface area contributed by atoms with Crippen LogP contribution in [0.5, 0.6) is 0 Å². The van der Waals surface area contributed by atoms with Crippen molar-refractivity contribution in [3.8, 4) is 0 Å². The van der Waals surface area contributed by atoms with Crippen LogP contribution in [0.3, 0.4) is 0 Å². The van der Waals surface area contributed by atoms with Gasteiger partial charge in [0, 0.05) is 17.1 Å². The van der Waals surface area contributed by atoms with Crippen LogP contribution in [0.15, 0.2) is 133 Å². The summed E-state index contributed by atoms with van der Waals surface area (Å²) in [5.41, 5.74) is 4.76. The summed E-state index contributed by atoms with van der Waals surface area (Å²) in [6.07, 6.45) is 0. The Morgan fingerprint density at radius 3 is 1.39 bits per heavy atom. The predicted octanol–water partition coefficient (Wildman–Crippen LogP) is 10.1. The number of rotatable bonds is 3. The van der Waals surface area contributed by atoms with E-state index in [2.05, 4.69) is 145 Å². The molecule has 0 atom stereocenters. The Kier molecular flexibility index (Phi) is 4.75. The van der Waals surface area contributed by atoms with E-state index in [-0.39, 0.29) is 0 Å². The monoisotopic (exact) mass is 459 g/mol. The van der Waals surface area contributed by atoms with Crippen LogP contribution in [-0.4, -0.2) is 0 Å². The number of para-hydroxylation sites is 1. The Balaban J connectivity index is 1.45. The second kappa shape index (κ2) is 8.25. The maximum Gasteiger partial charge on any atom is 0.0490 e. The molecule has 7 aromatic rings. The molecular weight excluding hydrogens is 434 g/mol. The molecule has 0 heterocycles. The van der Waals surface area contributed by atoms with Gasteiger partial charge in [-0.3, -0.25) is 0 Å². The van der Waals surface area contributed by atoms with Gasteiger partial charge in [-0.2, -0.15) is 0 Å². The Bertz CT molecular complexity index is 1800. The molecule has 0 fully saturated rings. The van der Waals surface area contributed by atoms with E-state index in [1.54, 1.807) is 0 Å². The van der Waals surface area contributed by atoms with E-state index in [1.807, 2.05) is 0 Å². The average molecular weight is 460 g/mol. The second-order valence-corrected chi connectivity index (χ2v) is 9.51. The van der Waals surface area contributed by atoms with Gasteiger partial charge >= 0.3 is 0 Å². The van der Waals surface area contributed by atoms with Crippen LogP contribution in [0.4, 0.5) is 17.1 Å². The maximum absolute atomic E-state index is 2.39. The molecule has 0 spiro atoms. The van der Waals surface area contributed by atoms with Crippen LogP contribution < -0.4 is 4.90 Å². The zero-order valence-electron chi connectivity index (χ0n) is 20.1. The first-order chi connectivity index (χ1) is 17.8. The van der Waals surface area contributed by atoms with Crippen molar-refractivity contribution in [2.24, 2.45) is 0 Å². The van der Waals surface area contributed by atoms with Crippen LogP contribution in [0.25, 0.3) is 43.1 Å². The fourth-order valence-electron chi connectivity index (χ4n) is 5.52. The van der Waals surface area contributed by atoms with Gasteiger partial charge in [0.1, 0.15) is 0 Å². The number of anilines is 3. The largest absolute Gasteiger partial charge is 0.310 e. The molecule has 170 valence electrons. The van der Waals surface area contributed by atoms with Crippen molar-refractivity contribution in [2.45, 2.75) is 6.92 Å². The topological polar surface area (TPSA) is 3.24 Å². The van der Waals surface area contributed by atoms with E-state index in [0.29, 0.717) is 0 Å². The summed E-state index contributed by atoms with van der Waals surface area (Å²) < 4.78 is 0. The first-order valence-electron chi connectivity index (χ1n) is 12.5. The zero-order chi connectivity index (χ0) is 24.1. The minimum Gasteiger partial charge on any atom is -0.310 e. The van der Waals surface area contributed by atoms with Gasteiger partial charge in [-0.15, -0.1) is 0 Å². The summed E-state index contributed by atoms with van der Waals surface area (Å²) in [6, 6.07) is 48.5. The van der Waals surface area contributed by atoms with Crippen molar-refractivity contribution in [3.63, 3.8) is 0 Å². The van der Waals surface area contributed by atoms with Crippen molar-refractivity contribution >= 4 is 60.2 Å². The quantitative estimate of drug-likeness (QED) is 0.238. The van der Waals surface area contributed by atoms with Crippen molar-refractivity contribution in [2.75, 3.05) is 4.90 Å². The first kappa shape index (κ1) is 20.7. The van der Waals surface area contributed by atoms with E-state index >= 15 is 0 Å². The van der Waals surface area contributed by atoms with Gasteiger partial charge in [-0.1, -0.05) is 103 Å². The summed E-state index contributed by atoms with van der Waals surface area (Å²) in [7, 11) is 0. The molecule has 0 saturated carbocycles. The molecule has 0 aliphatic carbocycles. The van der Waals surface area contributed by atoms with Gasteiger partial charge < -0.3 is 4.90 Å². The molecule has 0 radical (unpaired) electrons. The molecule has 0 unspecified atom stereocenters. The van der Waals surface area contributed by atoms with E-state index < -0.39 is 0 Å². The fourth-order valence-corrected chi connectivity index (χ4v) is 5.52. The lowest BCUT2D eigenvalue weighted by Gasteiger charge is -2.28. The first-order valence-corrected chi connectivity index (χ1v) is 12.5. The van der Waals surface area contributed by atoms with Gasteiger partial charge in [0.15, 0.2) is 0 Å². The molecule has 36 heavy (non-hydrogen) atoms. The maximum atomic E-state index is 2.39. The molecule has 7 rings (SSSR count). The highest BCUT2D eigenvalue weighted by atomic mass is 15.1. The lowest BCUT2D eigenvalue weighted by atomic mass is 9.99. The van der Waals surface area contributed by atoms with Crippen LogP contribution >= 0.6 is 0 Å². The molecule has 0 bridgehead atoms. The summed E-state index contributed by atoms with van der Waals surface area (Å²) in [5, 5.41) is 10.2. The van der Waals surface area contributed by atoms with Crippen LogP contribution in [0.1, 0.15) is 5.56 Å². The van der Waals surface area contributed by atoms with Crippen LogP contribution in [0, 0.1) is 6.92 Å². The van der Waals surface area contributed by atoms with Gasteiger partial charge in [-0.05, 0) is 85.9 Å². The van der Waals surface area contributed by atoms with Gasteiger partial charge in [0.2, 0.25) is 0 Å². The Hall–Kier alpha value is -4.62. The number of nitrogens with zero attached hydrogens (tertiary/aromatic N) is 1. The average Bonchev–Trinajstić information content (AvgIpc) is 2.94. The zero-order valence-corrected chi connectivity index (χ0v) is 20.1. The highest BCUT2D eigenvalue weighted by molar-refractivity contribution is 6.10. The summed E-state index contributed by atoms with van der Waals surface area (Å²) in [5.74, 6) is 0. The lowest BCUT2D eigenvalue weighted by molar-refractivity contribution is 1.26. The van der Waals surface area contributed by atoms with E-state index in [1.165, 1.54) is 54.3 Å². The van der Waals surface area contributed by atoms with Crippen LogP contribution in [-0.2, 0) is 0 Å². The fraction of sp³-hybridized carbons (Fsp3) is 0.0286. The molecule has 0 saturated heterocycles. The lowest BCUT2D eigenvalue weighted by Crippen LogP contribution is -2.11. The molecular formula is C35H25N.